The van der Waals surface area contributed by atoms with E-state index in [0.29, 0.717) is 5.82 Å². The maximum atomic E-state index is 9.16. The van der Waals surface area contributed by atoms with E-state index in [-0.39, 0.29) is 12.6 Å². The highest BCUT2D eigenvalue weighted by Gasteiger charge is 2.13. The van der Waals surface area contributed by atoms with Gasteiger partial charge in [-0.15, -0.1) is 5.10 Å². The molecule has 0 saturated heterocycles. The molecule has 3 aromatic heterocycles. The monoisotopic (exact) mass is 308 g/mol. The van der Waals surface area contributed by atoms with Crippen LogP contribution in [0.4, 0.5) is 5.82 Å². The Labute approximate surface area is 132 Å². The number of para-hydroxylation sites is 1. The number of anilines is 1. The third-order valence-corrected chi connectivity index (χ3v) is 3.71. The molecule has 4 rings (SSSR count). The average molecular weight is 308 g/mol. The summed E-state index contributed by atoms with van der Waals surface area (Å²) in [7, 11) is 0. The van der Waals surface area contributed by atoms with Crippen molar-refractivity contribution in [2.24, 2.45) is 0 Å². The normalized spacial score (nSPS) is 12.8. The van der Waals surface area contributed by atoms with Gasteiger partial charge < -0.3 is 14.8 Å². The summed E-state index contributed by atoms with van der Waals surface area (Å²) in [4.78, 5) is 4.37. The highest BCUT2D eigenvalue weighted by Crippen LogP contribution is 2.28. The topological polar surface area (TPSA) is 75.6 Å². The van der Waals surface area contributed by atoms with Crippen LogP contribution in [0.5, 0.6) is 0 Å². The lowest BCUT2D eigenvalue weighted by Gasteiger charge is -2.11. The molecule has 0 unspecified atom stereocenters. The standard InChI is InChI=1S/C17H16N4O2/c1-11(10-22)19-16-6-7-17-18-9-13(21(17)20-16)15-8-12-4-2-3-5-14(12)23-15/h2-9,11,22H,10H2,1H3,(H,19,20)/t11-/m1/s1. The van der Waals surface area contributed by atoms with Crippen molar-refractivity contribution >= 4 is 22.4 Å². The fourth-order valence-electron chi connectivity index (χ4n) is 2.52. The molecule has 3 heterocycles. The predicted molar refractivity (Wildman–Crippen MR) is 88.4 cm³/mol. The molecular weight excluding hydrogens is 292 g/mol. The Hall–Kier alpha value is -2.86. The number of fused-ring (bicyclic) bond motifs is 2. The Balaban J connectivity index is 1.81. The lowest BCUT2D eigenvalue weighted by Crippen LogP contribution is -2.20. The van der Waals surface area contributed by atoms with Crippen molar-refractivity contribution in [1.29, 1.82) is 0 Å². The molecule has 23 heavy (non-hydrogen) atoms. The second-order valence-electron chi connectivity index (χ2n) is 5.51. The summed E-state index contributed by atoms with van der Waals surface area (Å²) in [5.74, 6) is 1.40. The Morgan fingerprint density at radius 1 is 1.26 bits per heavy atom. The van der Waals surface area contributed by atoms with Crippen molar-refractivity contribution in [3.63, 3.8) is 0 Å². The number of nitrogens with one attached hydrogen (secondary N) is 1. The van der Waals surface area contributed by atoms with Crippen LogP contribution < -0.4 is 5.32 Å². The van der Waals surface area contributed by atoms with Gasteiger partial charge in [-0.25, -0.2) is 9.50 Å². The Morgan fingerprint density at radius 3 is 2.96 bits per heavy atom. The number of nitrogens with zero attached hydrogens (tertiary/aromatic N) is 3. The first-order valence-electron chi connectivity index (χ1n) is 7.46. The first kappa shape index (κ1) is 13.8. The summed E-state index contributed by atoms with van der Waals surface area (Å²) >= 11 is 0. The van der Waals surface area contributed by atoms with Crippen molar-refractivity contribution in [2.75, 3.05) is 11.9 Å². The zero-order valence-electron chi connectivity index (χ0n) is 12.6. The number of aliphatic hydroxyl groups is 1. The molecule has 0 aliphatic rings. The zero-order valence-corrected chi connectivity index (χ0v) is 12.6. The van der Waals surface area contributed by atoms with Gasteiger partial charge in [-0.1, -0.05) is 18.2 Å². The first-order valence-corrected chi connectivity index (χ1v) is 7.46. The number of hydrogen-bond donors (Lipinski definition) is 2. The van der Waals surface area contributed by atoms with E-state index in [2.05, 4.69) is 15.4 Å². The van der Waals surface area contributed by atoms with Crippen LogP contribution in [0.1, 0.15) is 6.92 Å². The number of benzene rings is 1. The molecule has 1 atom stereocenters. The molecule has 0 radical (unpaired) electrons. The molecule has 2 N–H and O–H groups in total. The smallest absolute Gasteiger partial charge is 0.155 e. The lowest BCUT2D eigenvalue weighted by molar-refractivity contribution is 0.281. The van der Waals surface area contributed by atoms with Gasteiger partial charge in [0.2, 0.25) is 0 Å². The third-order valence-electron chi connectivity index (χ3n) is 3.71. The fourth-order valence-corrected chi connectivity index (χ4v) is 2.52. The average Bonchev–Trinajstić information content (AvgIpc) is 3.17. The van der Waals surface area contributed by atoms with Crippen LogP contribution in [-0.4, -0.2) is 32.4 Å². The molecular formula is C17H16N4O2. The van der Waals surface area contributed by atoms with Gasteiger partial charge in [0.15, 0.2) is 11.4 Å². The van der Waals surface area contributed by atoms with Gasteiger partial charge in [0.1, 0.15) is 17.1 Å². The van der Waals surface area contributed by atoms with Crippen molar-refractivity contribution in [3.8, 4) is 11.5 Å². The van der Waals surface area contributed by atoms with Gasteiger partial charge in [0.25, 0.3) is 0 Å². The van der Waals surface area contributed by atoms with Gasteiger partial charge in [-0.2, -0.15) is 0 Å². The number of imidazole rings is 1. The van der Waals surface area contributed by atoms with E-state index in [9.17, 15) is 0 Å². The molecule has 4 aromatic rings. The summed E-state index contributed by atoms with van der Waals surface area (Å²) in [5.41, 5.74) is 2.36. The summed E-state index contributed by atoms with van der Waals surface area (Å²) in [6.45, 7) is 1.93. The minimum Gasteiger partial charge on any atom is -0.454 e. The number of aromatic nitrogens is 3. The molecule has 0 aliphatic heterocycles. The number of furan rings is 1. The summed E-state index contributed by atoms with van der Waals surface area (Å²) in [6, 6.07) is 13.5. The van der Waals surface area contributed by atoms with Crippen molar-refractivity contribution < 1.29 is 9.52 Å². The molecule has 0 fully saturated rings. The molecule has 116 valence electrons. The lowest BCUT2D eigenvalue weighted by atomic mass is 10.2. The zero-order chi connectivity index (χ0) is 15.8. The van der Waals surface area contributed by atoms with Gasteiger partial charge >= 0.3 is 0 Å². The van der Waals surface area contributed by atoms with Crippen LogP contribution in [0.2, 0.25) is 0 Å². The van der Waals surface area contributed by atoms with E-state index in [0.717, 1.165) is 28.1 Å². The minimum absolute atomic E-state index is 0.0417. The highest BCUT2D eigenvalue weighted by molar-refractivity contribution is 5.82. The van der Waals surface area contributed by atoms with Gasteiger partial charge in [-0.05, 0) is 31.2 Å². The van der Waals surface area contributed by atoms with Crippen LogP contribution in [0.25, 0.3) is 28.1 Å². The van der Waals surface area contributed by atoms with Crippen LogP contribution in [-0.2, 0) is 0 Å². The number of hydrogen-bond acceptors (Lipinski definition) is 5. The van der Waals surface area contributed by atoms with E-state index in [4.69, 9.17) is 9.52 Å². The summed E-state index contributed by atoms with van der Waals surface area (Å²) in [6.07, 6.45) is 1.75. The summed E-state index contributed by atoms with van der Waals surface area (Å²) < 4.78 is 7.64. The molecule has 0 aliphatic carbocycles. The van der Waals surface area contributed by atoms with E-state index < -0.39 is 0 Å². The van der Waals surface area contributed by atoms with E-state index in [1.165, 1.54) is 0 Å². The van der Waals surface area contributed by atoms with Crippen molar-refractivity contribution in [2.45, 2.75) is 13.0 Å². The fraction of sp³-hybridized carbons (Fsp3) is 0.176. The van der Waals surface area contributed by atoms with Gasteiger partial charge in [0.05, 0.1) is 12.8 Å². The number of aliphatic hydroxyl groups excluding tert-OH is 1. The summed E-state index contributed by atoms with van der Waals surface area (Å²) in [5, 5.41) is 17.9. The van der Waals surface area contributed by atoms with Crippen LogP contribution in [0.15, 0.2) is 53.1 Å². The Bertz CT molecular complexity index is 940. The Kier molecular flexibility index (Phi) is 3.24. The van der Waals surface area contributed by atoms with E-state index >= 15 is 0 Å². The first-order chi connectivity index (χ1) is 11.2. The molecule has 0 spiro atoms. The number of rotatable bonds is 4. The van der Waals surface area contributed by atoms with Crippen molar-refractivity contribution in [3.05, 3.63) is 48.7 Å². The van der Waals surface area contributed by atoms with Crippen LogP contribution in [0.3, 0.4) is 0 Å². The van der Waals surface area contributed by atoms with Crippen LogP contribution in [0, 0.1) is 0 Å². The van der Waals surface area contributed by atoms with E-state index in [1.807, 2.05) is 49.4 Å². The molecule has 6 heteroatoms. The molecule has 0 bridgehead atoms. The third kappa shape index (κ3) is 2.43. The molecule has 1 aromatic carbocycles. The van der Waals surface area contributed by atoms with Gasteiger partial charge in [0, 0.05) is 11.4 Å². The van der Waals surface area contributed by atoms with Crippen LogP contribution >= 0.6 is 0 Å². The second-order valence-corrected chi connectivity index (χ2v) is 5.51. The maximum Gasteiger partial charge on any atom is 0.155 e. The van der Waals surface area contributed by atoms with E-state index in [1.54, 1.807) is 10.7 Å². The quantitative estimate of drug-likeness (QED) is 0.606. The SMILES string of the molecule is C[C@H](CO)Nc1ccc2ncc(-c3cc4ccccc4o3)n2n1. The Morgan fingerprint density at radius 2 is 2.13 bits per heavy atom. The van der Waals surface area contributed by atoms with Crippen molar-refractivity contribution in [1.82, 2.24) is 14.6 Å². The predicted octanol–water partition coefficient (Wildman–Crippen LogP) is 2.94. The second kappa shape index (κ2) is 5.40. The van der Waals surface area contributed by atoms with Gasteiger partial charge in [-0.3, -0.25) is 0 Å². The minimum atomic E-state index is -0.0712. The molecule has 6 nitrogen and oxygen atoms in total. The largest absolute Gasteiger partial charge is 0.454 e. The highest BCUT2D eigenvalue weighted by atomic mass is 16.3. The molecule has 0 amide bonds. The maximum absolute atomic E-state index is 9.16. The molecule has 0 saturated carbocycles.